The Morgan fingerprint density at radius 3 is 2.17 bits per heavy atom. The minimum Gasteiger partial charge on any atom is -0.497 e. The number of nitrogens with zero attached hydrogens (tertiary/aromatic N) is 2. The fourth-order valence-electron chi connectivity index (χ4n) is 7.73. The van der Waals surface area contributed by atoms with Crippen molar-refractivity contribution in [3.63, 3.8) is 0 Å². The number of nitrogens with one attached hydrogen (secondary N) is 1. The third kappa shape index (κ3) is 5.23. The Morgan fingerprint density at radius 2 is 1.60 bits per heavy atom. The first-order valence-corrected chi connectivity index (χ1v) is 13.8. The quantitative estimate of drug-likeness (QED) is 0.637. The fourth-order valence-corrected chi connectivity index (χ4v) is 7.73. The molecule has 1 aromatic rings. The largest absolute Gasteiger partial charge is 0.497 e. The lowest BCUT2D eigenvalue weighted by molar-refractivity contribution is -0.150. The van der Waals surface area contributed by atoms with Crippen LogP contribution >= 0.6 is 0 Å². The first-order valence-electron chi connectivity index (χ1n) is 13.8. The molecule has 4 aliphatic carbocycles. The lowest BCUT2D eigenvalue weighted by Gasteiger charge is -2.56. The smallest absolute Gasteiger partial charge is 0.245 e. The summed E-state index contributed by atoms with van der Waals surface area (Å²) in [6, 6.07) is 7.80. The zero-order chi connectivity index (χ0) is 24.6. The van der Waals surface area contributed by atoms with E-state index in [0.29, 0.717) is 6.54 Å². The molecule has 1 heterocycles. The van der Waals surface area contributed by atoms with Crippen molar-refractivity contribution in [3.05, 3.63) is 29.8 Å². The number of benzene rings is 1. The molecule has 6 rings (SSSR count). The monoisotopic (exact) mass is 481 g/mol. The van der Waals surface area contributed by atoms with Gasteiger partial charge in [0.1, 0.15) is 11.8 Å². The van der Waals surface area contributed by atoms with Crippen LogP contribution in [0.15, 0.2) is 24.3 Å². The van der Waals surface area contributed by atoms with E-state index < -0.39 is 6.04 Å². The van der Waals surface area contributed by atoms with Crippen molar-refractivity contribution < 1.29 is 14.3 Å². The summed E-state index contributed by atoms with van der Waals surface area (Å²) in [6.07, 6.45) is 8.02. The molecule has 1 N–H and O–H groups in total. The van der Waals surface area contributed by atoms with Crippen LogP contribution in [0.5, 0.6) is 5.75 Å². The van der Waals surface area contributed by atoms with Gasteiger partial charge in [-0.05, 0) is 86.3 Å². The molecule has 0 spiro atoms. The molecule has 4 saturated carbocycles. The van der Waals surface area contributed by atoms with E-state index in [9.17, 15) is 9.59 Å². The predicted octanol–water partition coefficient (Wildman–Crippen LogP) is 4.09. The third-order valence-corrected chi connectivity index (χ3v) is 9.20. The van der Waals surface area contributed by atoms with Gasteiger partial charge in [0.25, 0.3) is 0 Å². The minimum atomic E-state index is -0.427. The lowest BCUT2D eigenvalue weighted by atomic mass is 9.49. The highest BCUT2D eigenvalue weighted by Gasteiger charge is 2.55. The Kier molecular flexibility index (Phi) is 7.11. The number of rotatable bonds is 7. The van der Waals surface area contributed by atoms with Gasteiger partial charge in [-0.3, -0.25) is 14.5 Å². The molecule has 0 aromatic heterocycles. The molecule has 35 heavy (non-hydrogen) atoms. The molecule has 5 aliphatic rings. The van der Waals surface area contributed by atoms with Gasteiger partial charge in [-0.1, -0.05) is 26.0 Å². The highest BCUT2D eigenvalue weighted by Crippen LogP contribution is 2.60. The topological polar surface area (TPSA) is 61.9 Å². The second kappa shape index (κ2) is 10.1. The molecule has 6 nitrogen and oxygen atoms in total. The second-order valence-corrected chi connectivity index (χ2v) is 12.2. The SMILES string of the molecule is COc1ccc(CN2CCCN(C(=O)C(NC(=O)C34CC5CC(CC(C5)C3)C4)C(C)C)CC2)cc1. The van der Waals surface area contributed by atoms with Gasteiger partial charge < -0.3 is 15.0 Å². The molecule has 6 heteroatoms. The highest BCUT2D eigenvalue weighted by atomic mass is 16.5. The summed E-state index contributed by atoms with van der Waals surface area (Å²) >= 11 is 0. The summed E-state index contributed by atoms with van der Waals surface area (Å²) in [4.78, 5) is 31.8. The highest BCUT2D eigenvalue weighted by molar-refractivity contribution is 5.90. The predicted molar refractivity (Wildman–Crippen MR) is 137 cm³/mol. The number of amides is 2. The van der Waals surface area contributed by atoms with Gasteiger partial charge in [0.15, 0.2) is 0 Å². The van der Waals surface area contributed by atoms with Crippen LogP contribution in [0.3, 0.4) is 0 Å². The van der Waals surface area contributed by atoms with Gasteiger partial charge in [0.05, 0.1) is 7.11 Å². The van der Waals surface area contributed by atoms with E-state index in [4.69, 9.17) is 4.74 Å². The van der Waals surface area contributed by atoms with Crippen LogP contribution in [0.2, 0.25) is 0 Å². The van der Waals surface area contributed by atoms with Gasteiger partial charge in [-0.15, -0.1) is 0 Å². The van der Waals surface area contributed by atoms with Crippen molar-refractivity contribution >= 4 is 11.8 Å². The van der Waals surface area contributed by atoms with Gasteiger partial charge >= 0.3 is 0 Å². The van der Waals surface area contributed by atoms with E-state index in [-0.39, 0.29) is 23.1 Å². The Bertz CT molecular complexity index is 877. The summed E-state index contributed by atoms with van der Waals surface area (Å²) in [5, 5.41) is 3.30. The number of carbonyl (C=O) groups is 2. The molecule has 5 fully saturated rings. The van der Waals surface area contributed by atoms with Crippen LogP contribution in [-0.4, -0.2) is 60.9 Å². The molecule has 2 amide bonds. The van der Waals surface area contributed by atoms with E-state index in [1.54, 1.807) is 7.11 Å². The Labute approximate surface area is 210 Å². The molecule has 1 saturated heterocycles. The fraction of sp³-hybridized carbons (Fsp3) is 0.724. The normalized spacial score (nSPS) is 31.3. The van der Waals surface area contributed by atoms with Gasteiger partial charge in [0, 0.05) is 38.1 Å². The molecule has 1 aromatic carbocycles. The maximum absolute atomic E-state index is 13.7. The molecule has 192 valence electrons. The Balaban J connectivity index is 1.19. The van der Waals surface area contributed by atoms with E-state index in [1.807, 2.05) is 17.0 Å². The number of hydrogen-bond acceptors (Lipinski definition) is 4. The van der Waals surface area contributed by atoms with Gasteiger partial charge in [-0.2, -0.15) is 0 Å². The number of methoxy groups -OCH3 is 1. The van der Waals surface area contributed by atoms with E-state index >= 15 is 0 Å². The van der Waals surface area contributed by atoms with Crippen molar-refractivity contribution in [2.24, 2.45) is 29.1 Å². The zero-order valence-corrected chi connectivity index (χ0v) is 21.8. The molecular weight excluding hydrogens is 438 g/mol. The summed E-state index contributed by atoms with van der Waals surface area (Å²) < 4.78 is 5.27. The standard InChI is InChI=1S/C29H43N3O3/c1-20(2)26(30-28(34)29-16-22-13-23(17-29)15-24(14-22)18-29)27(33)32-10-4-9-31(11-12-32)19-21-5-7-25(35-3)8-6-21/h5-8,20,22-24,26H,4,9-19H2,1-3H3,(H,30,34). The van der Waals surface area contributed by atoms with Crippen molar-refractivity contribution in [1.29, 1.82) is 0 Å². The first kappa shape index (κ1) is 24.6. The van der Waals surface area contributed by atoms with Crippen molar-refractivity contribution in [2.45, 2.75) is 71.4 Å². The Morgan fingerprint density at radius 1 is 0.971 bits per heavy atom. The van der Waals surface area contributed by atoms with Crippen LogP contribution < -0.4 is 10.1 Å². The molecule has 1 unspecified atom stereocenters. The second-order valence-electron chi connectivity index (χ2n) is 12.2. The molecule has 4 bridgehead atoms. The average molecular weight is 482 g/mol. The van der Waals surface area contributed by atoms with Gasteiger partial charge in [0.2, 0.25) is 11.8 Å². The number of hydrogen-bond donors (Lipinski definition) is 1. The van der Waals surface area contributed by atoms with Crippen molar-refractivity contribution in [2.75, 3.05) is 33.3 Å². The maximum Gasteiger partial charge on any atom is 0.245 e. The lowest BCUT2D eigenvalue weighted by Crippen LogP contribution is -2.59. The molecular formula is C29H43N3O3. The van der Waals surface area contributed by atoms with Crippen LogP contribution in [0.25, 0.3) is 0 Å². The zero-order valence-electron chi connectivity index (χ0n) is 21.8. The van der Waals surface area contributed by atoms with E-state index in [1.165, 1.54) is 24.8 Å². The van der Waals surface area contributed by atoms with E-state index in [0.717, 1.165) is 75.4 Å². The third-order valence-electron chi connectivity index (χ3n) is 9.20. The Hall–Kier alpha value is -2.08. The first-order chi connectivity index (χ1) is 16.8. The minimum absolute atomic E-state index is 0.0824. The molecule has 1 aliphatic heterocycles. The summed E-state index contributed by atoms with van der Waals surface area (Å²) in [5.41, 5.74) is 1.05. The van der Waals surface area contributed by atoms with Crippen LogP contribution in [-0.2, 0) is 16.1 Å². The van der Waals surface area contributed by atoms with E-state index in [2.05, 4.69) is 36.2 Å². The van der Waals surface area contributed by atoms with Crippen molar-refractivity contribution in [3.8, 4) is 5.75 Å². The maximum atomic E-state index is 13.7. The van der Waals surface area contributed by atoms with Crippen LogP contribution in [0.4, 0.5) is 0 Å². The van der Waals surface area contributed by atoms with Gasteiger partial charge in [-0.25, -0.2) is 0 Å². The van der Waals surface area contributed by atoms with Crippen LogP contribution in [0, 0.1) is 29.1 Å². The van der Waals surface area contributed by atoms with Crippen LogP contribution in [0.1, 0.15) is 64.4 Å². The average Bonchev–Trinajstić information content (AvgIpc) is 3.07. The molecule has 1 atom stereocenters. The number of ether oxygens (including phenoxy) is 1. The molecule has 0 radical (unpaired) electrons. The van der Waals surface area contributed by atoms with Crippen molar-refractivity contribution in [1.82, 2.24) is 15.1 Å². The summed E-state index contributed by atoms with van der Waals surface area (Å²) in [6.45, 7) is 8.31. The summed E-state index contributed by atoms with van der Waals surface area (Å²) in [7, 11) is 1.69. The summed E-state index contributed by atoms with van der Waals surface area (Å²) in [5.74, 6) is 3.40. The number of carbonyl (C=O) groups excluding carboxylic acids is 2.